The fourth-order valence-corrected chi connectivity index (χ4v) is 6.88. The van der Waals surface area contributed by atoms with Gasteiger partial charge in [-0.25, -0.2) is 9.59 Å². The molecule has 2 heterocycles. The van der Waals surface area contributed by atoms with Gasteiger partial charge in [-0.3, -0.25) is 14.9 Å². The molecule has 0 fully saturated rings. The van der Waals surface area contributed by atoms with E-state index in [9.17, 15) is 9.59 Å². The van der Waals surface area contributed by atoms with E-state index in [-0.39, 0.29) is 30.7 Å². The highest BCUT2D eigenvalue weighted by Gasteiger charge is 2.24. The SMILES string of the molecule is CC(CCN(C[C@H](Cc1ccccc1)NC(=O)OCc1cncs1)C[C@H](Cc1ccccc1)NC(=O)OCc1cncs1)CC(C)(C)C. The number of hydrogen-bond donors (Lipinski definition) is 2. The van der Waals surface area contributed by atoms with Crippen LogP contribution >= 0.6 is 22.7 Å². The number of amides is 2. The zero-order chi connectivity index (χ0) is 34.2. The highest BCUT2D eigenvalue weighted by Crippen LogP contribution is 2.26. The van der Waals surface area contributed by atoms with Gasteiger partial charge in [0.2, 0.25) is 0 Å². The third-order valence-electron chi connectivity index (χ3n) is 7.81. The summed E-state index contributed by atoms with van der Waals surface area (Å²) < 4.78 is 11.2. The van der Waals surface area contributed by atoms with Crippen LogP contribution in [0, 0.1) is 11.3 Å². The summed E-state index contributed by atoms with van der Waals surface area (Å²) in [6, 6.07) is 19.9. The van der Waals surface area contributed by atoms with Gasteiger partial charge in [0, 0.05) is 37.6 Å². The van der Waals surface area contributed by atoms with Gasteiger partial charge in [0.25, 0.3) is 0 Å². The highest BCUT2D eigenvalue weighted by atomic mass is 32.1. The molecule has 0 radical (unpaired) electrons. The number of hydrogen-bond acceptors (Lipinski definition) is 9. The number of aromatic nitrogens is 2. The molecule has 48 heavy (non-hydrogen) atoms. The number of alkyl carbamates (subject to hydrolysis) is 2. The summed E-state index contributed by atoms with van der Waals surface area (Å²) in [5.74, 6) is 0.502. The predicted octanol–water partition coefficient (Wildman–Crippen LogP) is 7.74. The molecule has 2 aromatic heterocycles. The fraction of sp³-hybridized carbons (Fsp3) is 0.459. The Balaban J connectivity index is 1.52. The van der Waals surface area contributed by atoms with Gasteiger partial charge in [-0.05, 0) is 54.7 Å². The number of thiazole rings is 2. The second-order valence-corrected chi connectivity index (χ2v) is 15.5. The first-order valence-electron chi connectivity index (χ1n) is 16.5. The normalized spacial score (nSPS) is 13.4. The van der Waals surface area contributed by atoms with Gasteiger partial charge in [0.05, 0.1) is 20.8 Å². The van der Waals surface area contributed by atoms with Crippen molar-refractivity contribution in [2.75, 3.05) is 19.6 Å². The molecule has 4 aromatic rings. The smallest absolute Gasteiger partial charge is 0.407 e. The molecule has 4 rings (SSSR count). The monoisotopic (exact) mass is 691 g/mol. The van der Waals surface area contributed by atoms with E-state index in [0.29, 0.717) is 31.8 Å². The summed E-state index contributed by atoms with van der Waals surface area (Å²) in [5, 5.41) is 6.30. The number of rotatable bonds is 18. The van der Waals surface area contributed by atoms with Crippen molar-refractivity contribution in [1.29, 1.82) is 0 Å². The second kappa shape index (κ2) is 19.3. The van der Waals surface area contributed by atoms with Crippen LogP contribution in [0.1, 0.15) is 61.4 Å². The lowest BCUT2D eigenvalue weighted by Crippen LogP contribution is -2.51. The van der Waals surface area contributed by atoms with Crippen LogP contribution in [0.25, 0.3) is 0 Å². The van der Waals surface area contributed by atoms with Gasteiger partial charge < -0.3 is 20.1 Å². The van der Waals surface area contributed by atoms with Crippen LogP contribution in [-0.4, -0.2) is 58.8 Å². The zero-order valence-electron chi connectivity index (χ0n) is 28.5. The number of benzene rings is 2. The Kier molecular flexibility index (Phi) is 14.9. The van der Waals surface area contributed by atoms with E-state index in [1.165, 1.54) is 22.7 Å². The summed E-state index contributed by atoms with van der Waals surface area (Å²) in [5.41, 5.74) is 5.92. The van der Waals surface area contributed by atoms with Gasteiger partial charge >= 0.3 is 12.2 Å². The van der Waals surface area contributed by atoms with Crippen molar-refractivity contribution < 1.29 is 19.1 Å². The molecule has 0 aliphatic rings. The topological polar surface area (TPSA) is 106 Å². The Morgan fingerprint density at radius 3 is 1.62 bits per heavy atom. The molecular weight excluding hydrogens is 643 g/mol. The summed E-state index contributed by atoms with van der Waals surface area (Å²) in [6.45, 7) is 11.4. The highest BCUT2D eigenvalue weighted by molar-refractivity contribution is 7.09. The van der Waals surface area contributed by atoms with Crippen molar-refractivity contribution in [3.63, 3.8) is 0 Å². The molecule has 0 saturated heterocycles. The summed E-state index contributed by atoms with van der Waals surface area (Å²) in [6.07, 6.45) is 5.86. The van der Waals surface area contributed by atoms with Crippen molar-refractivity contribution in [3.8, 4) is 0 Å². The summed E-state index contributed by atoms with van der Waals surface area (Å²) >= 11 is 2.91. The van der Waals surface area contributed by atoms with E-state index in [4.69, 9.17) is 9.47 Å². The summed E-state index contributed by atoms with van der Waals surface area (Å²) in [7, 11) is 0. The minimum atomic E-state index is -0.462. The average molecular weight is 692 g/mol. The Morgan fingerprint density at radius 2 is 1.23 bits per heavy atom. The van der Waals surface area contributed by atoms with Crippen molar-refractivity contribution in [3.05, 3.63) is 105 Å². The van der Waals surface area contributed by atoms with Gasteiger partial charge in [0.1, 0.15) is 13.2 Å². The van der Waals surface area contributed by atoms with E-state index in [1.54, 1.807) is 23.4 Å². The van der Waals surface area contributed by atoms with Gasteiger partial charge in [-0.1, -0.05) is 88.4 Å². The molecule has 0 aliphatic heterocycles. The quantitative estimate of drug-likeness (QED) is 0.110. The first-order chi connectivity index (χ1) is 23.1. The van der Waals surface area contributed by atoms with Gasteiger partial charge in [0.15, 0.2) is 0 Å². The molecular formula is C37H49N5O4S2. The lowest BCUT2D eigenvalue weighted by Gasteiger charge is -2.33. The fourth-order valence-electron chi connectivity index (χ4n) is 5.87. The lowest BCUT2D eigenvalue weighted by molar-refractivity contribution is 0.125. The lowest BCUT2D eigenvalue weighted by atomic mass is 9.84. The van der Waals surface area contributed by atoms with Crippen LogP contribution in [-0.2, 0) is 35.5 Å². The maximum Gasteiger partial charge on any atom is 0.407 e. The number of nitrogens with one attached hydrogen (secondary N) is 2. The number of carbonyl (C=O) groups is 2. The predicted molar refractivity (Wildman–Crippen MR) is 193 cm³/mol. The van der Waals surface area contributed by atoms with E-state index < -0.39 is 12.2 Å². The van der Waals surface area contributed by atoms with E-state index in [0.717, 1.165) is 40.3 Å². The Morgan fingerprint density at radius 1 is 0.771 bits per heavy atom. The molecule has 11 heteroatoms. The molecule has 2 amide bonds. The molecule has 2 aromatic carbocycles. The van der Waals surface area contributed by atoms with Crippen molar-refractivity contribution in [2.24, 2.45) is 11.3 Å². The third kappa shape index (κ3) is 14.5. The largest absolute Gasteiger partial charge is 0.444 e. The van der Waals surface area contributed by atoms with Crippen LogP contribution < -0.4 is 10.6 Å². The maximum atomic E-state index is 13.1. The average Bonchev–Trinajstić information content (AvgIpc) is 3.77. The van der Waals surface area contributed by atoms with E-state index in [1.807, 2.05) is 36.4 Å². The maximum absolute atomic E-state index is 13.1. The first kappa shape index (κ1) is 37.0. The molecule has 1 unspecified atom stereocenters. The van der Waals surface area contributed by atoms with Crippen molar-refractivity contribution in [1.82, 2.24) is 25.5 Å². The number of nitrogens with zero attached hydrogens (tertiary/aromatic N) is 3. The van der Waals surface area contributed by atoms with Gasteiger partial charge in [-0.15, -0.1) is 22.7 Å². The Labute approximate surface area is 293 Å². The minimum Gasteiger partial charge on any atom is -0.444 e. The Bertz CT molecular complexity index is 1360. The number of carbonyl (C=O) groups excluding carboxylic acids is 2. The van der Waals surface area contributed by atoms with Crippen LogP contribution in [0.15, 0.2) is 84.1 Å². The number of ether oxygens (including phenoxy) is 2. The molecule has 2 N–H and O–H groups in total. The summed E-state index contributed by atoms with van der Waals surface area (Å²) in [4.78, 5) is 38.4. The van der Waals surface area contributed by atoms with Crippen LogP contribution in [0.2, 0.25) is 0 Å². The second-order valence-electron chi connectivity index (χ2n) is 13.6. The van der Waals surface area contributed by atoms with Gasteiger partial charge in [-0.2, -0.15) is 0 Å². The van der Waals surface area contributed by atoms with E-state index in [2.05, 4.69) is 77.5 Å². The standard InChI is InChI=1S/C37H49N5O4S2/c1-28(19-37(2,3)4)15-16-42(22-31(17-29-11-7-5-8-12-29)40-35(43)45-24-33-20-38-26-47-33)23-32(18-30-13-9-6-10-14-30)41-36(44)46-25-34-21-39-27-48-34/h5-14,20-21,26-28,31-32H,15-19,22-25H2,1-4H3,(H,40,43)(H,41,44)/t28?,31-,32-/m0/s1. The van der Waals surface area contributed by atoms with Crippen LogP contribution in [0.5, 0.6) is 0 Å². The third-order valence-corrected chi connectivity index (χ3v) is 9.31. The van der Waals surface area contributed by atoms with Crippen LogP contribution in [0.3, 0.4) is 0 Å². The molecule has 0 bridgehead atoms. The first-order valence-corrected chi connectivity index (χ1v) is 18.3. The molecule has 0 spiro atoms. The van der Waals surface area contributed by atoms with Crippen molar-refractivity contribution >= 4 is 34.9 Å². The van der Waals surface area contributed by atoms with E-state index >= 15 is 0 Å². The molecule has 0 aliphatic carbocycles. The molecule has 9 nitrogen and oxygen atoms in total. The molecule has 0 saturated carbocycles. The zero-order valence-corrected chi connectivity index (χ0v) is 30.1. The molecule has 3 atom stereocenters. The Hall–Kier alpha value is -3.80. The molecule has 258 valence electrons. The van der Waals surface area contributed by atoms with Crippen molar-refractivity contribution in [2.45, 2.75) is 78.7 Å². The van der Waals surface area contributed by atoms with Crippen LogP contribution in [0.4, 0.5) is 9.59 Å². The minimum absolute atomic E-state index is 0.176.